The molecule has 1 fully saturated rings. The van der Waals surface area contributed by atoms with Crippen LogP contribution in [0.4, 0.5) is 0 Å². The van der Waals surface area contributed by atoms with Crippen molar-refractivity contribution in [3.63, 3.8) is 0 Å². The standard InChI is InChI=1S/C13H28N2O/c1-11-12(16-10-9-14(5)6)7-8-15(11)13(2,3)4/h11-12H,7-10H2,1-6H3/t11-,12+/m1/s1. The molecule has 1 aliphatic heterocycles. The van der Waals surface area contributed by atoms with E-state index in [0.717, 1.165) is 19.7 Å². The van der Waals surface area contributed by atoms with Crippen LogP contribution in [0.1, 0.15) is 34.1 Å². The SMILES string of the molecule is C[C@@H]1[C@@H](OCCN(C)C)CCN1C(C)(C)C. The Labute approximate surface area is 101 Å². The molecule has 0 N–H and O–H groups in total. The molecule has 0 unspecified atom stereocenters. The van der Waals surface area contributed by atoms with Crippen molar-refractivity contribution in [1.29, 1.82) is 0 Å². The lowest BCUT2D eigenvalue weighted by Gasteiger charge is -2.36. The van der Waals surface area contributed by atoms with E-state index in [0.29, 0.717) is 12.1 Å². The normalized spacial score (nSPS) is 27.9. The van der Waals surface area contributed by atoms with E-state index in [4.69, 9.17) is 4.74 Å². The Balaban J connectivity index is 2.36. The van der Waals surface area contributed by atoms with Crippen LogP contribution in [0.5, 0.6) is 0 Å². The summed E-state index contributed by atoms with van der Waals surface area (Å²) < 4.78 is 5.97. The topological polar surface area (TPSA) is 15.7 Å². The zero-order valence-corrected chi connectivity index (χ0v) is 11.8. The molecule has 1 saturated heterocycles. The fraction of sp³-hybridized carbons (Fsp3) is 1.00. The van der Waals surface area contributed by atoms with Crippen molar-refractivity contribution < 1.29 is 4.74 Å². The highest BCUT2D eigenvalue weighted by molar-refractivity contribution is 4.91. The molecule has 0 amide bonds. The Hall–Kier alpha value is -0.120. The van der Waals surface area contributed by atoms with Crippen LogP contribution in [0.15, 0.2) is 0 Å². The number of ether oxygens (including phenoxy) is 1. The van der Waals surface area contributed by atoms with Crippen LogP contribution in [-0.4, -0.2) is 61.3 Å². The predicted octanol–water partition coefficient (Wildman–Crippen LogP) is 1.83. The maximum atomic E-state index is 5.97. The third-order valence-corrected chi connectivity index (χ3v) is 3.42. The van der Waals surface area contributed by atoms with Gasteiger partial charge in [0, 0.05) is 24.7 Å². The van der Waals surface area contributed by atoms with Gasteiger partial charge >= 0.3 is 0 Å². The molecule has 3 nitrogen and oxygen atoms in total. The minimum Gasteiger partial charge on any atom is -0.375 e. The molecule has 0 aromatic rings. The average molecular weight is 228 g/mol. The van der Waals surface area contributed by atoms with E-state index in [2.05, 4.69) is 51.6 Å². The summed E-state index contributed by atoms with van der Waals surface area (Å²) in [6, 6.07) is 0.544. The van der Waals surface area contributed by atoms with Gasteiger partial charge in [0.05, 0.1) is 12.7 Å². The minimum absolute atomic E-state index is 0.263. The van der Waals surface area contributed by atoms with Gasteiger partial charge in [0.25, 0.3) is 0 Å². The minimum atomic E-state index is 0.263. The summed E-state index contributed by atoms with van der Waals surface area (Å²) in [4.78, 5) is 4.72. The van der Waals surface area contributed by atoms with Gasteiger partial charge in [-0.15, -0.1) is 0 Å². The van der Waals surface area contributed by atoms with Crippen molar-refractivity contribution in [2.75, 3.05) is 33.8 Å². The summed E-state index contributed by atoms with van der Waals surface area (Å²) in [5.41, 5.74) is 0.263. The fourth-order valence-electron chi connectivity index (χ4n) is 2.47. The van der Waals surface area contributed by atoms with Gasteiger partial charge in [-0.05, 0) is 48.2 Å². The van der Waals surface area contributed by atoms with Gasteiger partial charge in [-0.1, -0.05) is 0 Å². The molecular formula is C13H28N2O. The molecule has 3 heteroatoms. The Morgan fingerprint density at radius 2 is 1.94 bits per heavy atom. The number of rotatable bonds is 4. The van der Waals surface area contributed by atoms with Crippen LogP contribution in [0, 0.1) is 0 Å². The summed E-state index contributed by atoms with van der Waals surface area (Å²) in [6.45, 7) is 12.2. The monoisotopic (exact) mass is 228 g/mol. The second-order valence-electron chi connectivity index (χ2n) is 6.11. The van der Waals surface area contributed by atoms with E-state index in [1.54, 1.807) is 0 Å². The van der Waals surface area contributed by atoms with Gasteiger partial charge in [0.15, 0.2) is 0 Å². The molecule has 2 atom stereocenters. The van der Waals surface area contributed by atoms with E-state index < -0.39 is 0 Å². The van der Waals surface area contributed by atoms with Gasteiger partial charge in [0.1, 0.15) is 0 Å². The molecule has 1 heterocycles. The highest BCUT2D eigenvalue weighted by Gasteiger charge is 2.37. The van der Waals surface area contributed by atoms with E-state index in [1.165, 1.54) is 6.42 Å². The third kappa shape index (κ3) is 3.72. The molecule has 0 bridgehead atoms. The molecule has 16 heavy (non-hydrogen) atoms. The molecule has 0 radical (unpaired) electrons. The van der Waals surface area contributed by atoms with Gasteiger partial charge in [-0.2, -0.15) is 0 Å². The van der Waals surface area contributed by atoms with Gasteiger partial charge in [0.2, 0.25) is 0 Å². The first kappa shape index (κ1) is 13.9. The Bertz CT molecular complexity index is 210. The van der Waals surface area contributed by atoms with Crippen molar-refractivity contribution >= 4 is 0 Å². The van der Waals surface area contributed by atoms with E-state index in [9.17, 15) is 0 Å². The molecule has 1 aliphatic rings. The molecule has 0 aliphatic carbocycles. The van der Waals surface area contributed by atoms with Gasteiger partial charge in [-0.25, -0.2) is 0 Å². The molecule has 0 spiro atoms. The first-order valence-corrected chi connectivity index (χ1v) is 6.35. The maximum absolute atomic E-state index is 5.97. The molecular weight excluding hydrogens is 200 g/mol. The predicted molar refractivity (Wildman–Crippen MR) is 68.8 cm³/mol. The fourth-order valence-corrected chi connectivity index (χ4v) is 2.47. The lowest BCUT2D eigenvalue weighted by Crippen LogP contribution is -2.46. The summed E-state index contributed by atoms with van der Waals surface area (Å²) >= 11 is 0. The smallest absolute Gasteiger partial charge is 0.0740 e. The summed E-state index contributed by atoms with van der Waals surface area (Å²) in [5, 5.41) is 0. The molecule has 96 valence electrons. The Morgan fingerprint density at radius 3 is 2.38 bits per heavy atom. The Morgan fingerprint density at radius 1 is 1.31 bits per heavy atom. The summed E-state index contributed by atoms with van der Waals surface area (Å²) in [5.74, 6) is 0. The van der Waals surface area contributed by atoms with Crippen molar-refractivity contribution in [2.45, 2.75) is 51.8 Å². The van der Waals surface area contributed by atoms with Crippen LogP contribution in [-0.2, 0) is 4.74 Å². The molecule has 0 aromatic heterocycles. The largest absolute Gasteiger partial charge is 0.375 e. The highest BCUT2D eigenvalue weighted by Crippen LogP contribution is 2.28. The number of hydrogen-bond donors (Lipinski definition) is 0. The molecule has 0 aromatic carbocycles. The first-order valence-electron chi connectivity index (χ1n) is 6.35. The zero-order valence-electron chi connectivity index (χ0n) is 11.8. The van der Waals surface area contributed by atoms with Crippen LogP contribution in [0.3, 0.4) is 0 Å². The van der Waals surface area contributed by atoms with E-state index in [1.807, 2.05) is 0 Å². The van der Waals surface area contributed by atoms with Crippen LogP contribution in [0.25, 0.3) is 0 Å². The second-order valence-corrected chi connectivity index (χ2v) is 6.11. The zero-order chi connectivity index (χ0) is 12.3. The van der Waals surface area contributed by atoms with E-state index in [-0.39, 0.29) is 5.54 Å². The summed E-state index contributed by atoms with van der Waals surface area (Å²) in [6.07, 6.45) is 1.59. The summed E-state index contributed by atoms with van der Waals surface area (Å²) in [7, 11) is 4.17. The number of likely N-dealkylation sites (tertiary alicyclic amines) is 1. The number of nitrogens with zero attached hydrogens (tertiary/aromatic N) is 2. The van der Waals surface area contributed by atoms with E-state index >= 15 is 0 Å². The van der Waals surface area contributed by atoms with Gasteiger partial charge < -0.3 is 9.64 Å². The van der Waals surface area contributed by atoms with Crippen LogP contribution < -0.4 is 0 Å². The number of likely N-dealkylation sites (N-methyl/N-ethyl adjacent to an activating group) is 1. The number of hydrogen-bond acceptors (Lipinski definition) is 3. The van der Waals surface area contributed by atoms with Gasteiger partial charge in [-0.3, -0.25) is 4.90 Å². The average Bonchev–Trinajstić information content (AvgIpc) is 2.46. The van der Waals surface area contributed by atoms with Crippen molar-refractivity contribution in [3.05, 3.63) is 0 Å². The lowest BCUT2D eigenvalue weighted by molar-refractivity contribution is 0.00953. The first-order chi connectivity index (χ1) is 7.32. The molecule has 1 rings (SSSR count). The second kappa shape index (κ2) is 5.48. The Kier molecular flexibility index (Phi) is 4.77. The quantitative estimate of drug-likeness (QED) is 0.730. The third-order valence-electron chi connectivity index (χ3n) is 3.42. The molecule has 0 saturated carbocycles. The van der Waals surface area contributed by atoms with Crippen molar-refractivity contribution in [2.24, 2.45) is 0 Å². The maximum Gasteiger partial charge on any atom is 0.0740 e. The highest BCUT2D eigenvalue weighted by atomic mass is 16.5. The lowest BCUT2D eigenvalue weighted by atomic mass is 10.0. The van der Waals surface area contributed by atoms with Crippen LogP contribution >= 0.6 is 0 Å². The van der Waals surface area contributed by atoms with Crippen molar-refractivity contribution in [3.8, 4) is 0 Å². The van der Waals surface area contributed by atoms with Crippen LogP contribution in [0.2, 0.25) is 0 Å². The van der Waals surface area contributed by atoms with Crippen molar-refractivity contribution in [1.82, 2.24) is 9.80 Å².